The van der Waals surface area contributed by atoms with Crippen molar-refractivity contribution in [3.63, 3.8) is 0 Å². The van der Waals surface area contributed by atoms with Crippen molar-refractivity contribution in [1.29, 1.82) is 0 Å². The number of para-hydroxylation sites is 1. The second-order valence-corrected chi connectivity index (χ2v) is 7.13. The van der Waals surface area contributed by atoms with Crippen molar-refractivity contribution in [1.82, 2.24) is 14.7 Å². The summed E-state index contributed by atoms with van der Waals surface area (Å²) in [7, 11) is 0. The molecule has 2 aliphatic rings. The highest BCUT2D eigenvalue weighted by atomic mass is 16.6. The van der Waals surface area contributed by atoms with Crippen LogP contribution in [-0.4, -0.2) is 71.9 Å². The Bertz CT molecular complexity index is 671. The van der Waals surface area contributed by atoms with Gasteiger partial charge in [0.15, 0.2) is 0 Å². The molecule has 0 radical (unpaired) electrons. The second-order valence-electron chi connectivity index (χ2n) is 7.13. The standard InChI is InChI=1S/C20H27N3O4/c1-16(24)21-12-8-17(9-13-21)19(25)22-10-5-11-23(15-14-22)20(26)27-18-6-3-2-4-7-18/h2-4,6-7,17H,5,8-15H2,1H3. The Morgan fingerprint density at radius 3 is 2.15 bits per heavy atom. The van der Waals surface area contributed by atoms with Crippen molar-refractivity contribution in [2.24, 2.45) is 5.92 Å². The van der Waals surface area contributed by atoms with Gasteiger partial charge < -0.3 is 19.4 Å². The first kappa shape index (κ1) is 19.2. The summed E-state index contributed by atoms with van der Waals surface area (Å²) >= 11 is 0. The van der Waals surface area contributed by atoms with E-state index in [4.69, 9.17) is 4.74 Å². The molecule has 2 aliphatic heterocycles. The maximum atomic E-state index is 12.8. The molecular weight excluding hydrogens is 346 g/mol. The highest BCUT2D eigenvalue weighted by Gasteiger charge is 2.31. The summed E-state index contributed by atoms with van der Waals surface area (Å²) in [5, 5.41) is 0. The molecule has 0 saturated carbocycles. The molecule has 3 amide bonds. The fraction of sp³-hybridized carbons (Fsp3) is 0.550. The normalized spacial score (nSPS) is 18.8. The van der Waals surface area contributed by atoms with Crippen molar-refractivity contribution in [2.75, 3.05) is 39.3 Å². The van der Waals surface area contributed by atoms with E-state index in [-0.39, 0.29) is 23.8 Å². The zero-order valence-electron chi connectivity index (χ0n) is 15.8. The fourth-order valence-electron chi connectivity index (χ4n) is 3.67. The van der Waals surface area contributed by atoms with E-state index in [2.05, 4.69) is 0 Å². The Hall–Kier alpha value is -2.57. The van der Waals surface area contributed by atoms with Gasteiger partial charge in [-0.1, -0.05) is 18.2 Å². The van der Waals surface area contributed by atoms with Gasteiger partial charge in [-0.3, -0.25) is 9.59 Å². The molecule has 146 valence electrons. The molecule has 2 heterocycles. The molecule has 27 heavy (non-hydrogen) atoms. The number of nitrogens with zero attached hydrogens (tertiary/aromatic N) is 3. The van der Waals surface area contributed by atoms with Crippen LogP contribution in [0.25, 0.3) is 0 Å². The first-order valence-electron chi connectivity index (χ1n) is 9.60. The lowest BCUT2D eigenvalue weighted by molar-refractivity contribution is -0.140. The molecule has 0 unspecified atom stereocenters. The van der Waals surface area contributed by atoms with Crippen LogP contribution in [-0.2, 0) is 9.59 Å². The SMILES string of the molecule is CC(=O)N1CCC(C(=O)N2CCCN(C(=O)Oc3ccccc3)CC2)CC1. The monoisotopic (exact) mass is 373 g/mol. The Balaban J connectivity index is 1.50. The van der Waals surface area contributed by atoms with Crippen molar-refractivity contribution >= 4 is 17.9 Å². The smallest absolute Gasteiger partial charge is 0.410 e. The molecule has 1 aromatic carbocycles. The van der Waals surface area contributed by atoms with E-state index in [0.717, 1.165) is 6.42 Å². The summed E-state index contributed by atoms with van der Waals surface area (Å²) in [6.07, 6.45) is 1.80. The van der Waals surface area contributed by atoms with Gasteiger partial charge in [0.2, 0.25) is 11.8 Å². The number of hydrogen-bond acceptors (Lipinski definition) is 4. The van der Waals surface area contributed by atoms with E-state index in [1.807, 2.05) is 23.1 Å². The minimum Gasteiger partial charge on any atom is -0.410 e. The molecule has 0 atom stereocenters. The lowest BCUT2D eigenvalue weighted by atomic mass is 9.95. The van der Waals surface area contributed by atoms with Crippen molar-refractivity contribution in [2.45, 2.75) is 26.2 Å². The first-order chi connectivity index (χ1) is 13.0. The van der Waals surface area contributed by atoms with E-state index >= 15 is 0 Å². The van der Waals surface area contributed by atoms with Gasteiger partial charge in [-0.2, -0.15) is 0 Å². The highest BCUT2D eigenvalue weighted by Crippen LogP contribution is 2.21. The third-order valence-corrected chi connectivity index (χ3v) is 5.30. The number of carbonyl (C=O) groups excluding carboxylic acids is 3. The molecule has 1 aromatic rings. The predicted molar refractivity (Wildman–Crippen MR) is 100 cm³/mol. The Morgan fingerprint density at radius 2 is 1.48 bits per heavy atom. The average molecular weight is 373 g/mol. The number of carbonyl (C=O) groups is 3. The van der Waals surface area contributed by atoms with Crippen LogP contribution < -0.4 is 4.74 Å². The van der Waals surface area contributed by atoms with Gasteiger partial charge in [-0.15, -0.1) is 0 Å². The van der Waals surface area contributed by atoms with Crippen molar-refractivity contribution in [3.05, 3.63) is 30.3 Å². The fourth-order valence-corrected chi connectivity index (χ4v) is 3.67. The third kappa shape index (κ3) is 4.99. The minimum absolute atomic E-state index is 0.0246. The minimum atomic E-state index is -0.370. The number of likely N-dealkylation sites (tertiary alicyclic amines) is 1. The van der Waals surface area contributed by atoms with E-state index in [1.54, 1.807) is 28.9 Å². The third-order valence-electron chi connectivity index (χ3n) is 5.30. The lowest BCUT2D eigenvalue weighted by Crippen LogP contribution is -2.45. The summed E-state index contributed by atoms with van der Waals surface area (Å²) in [5.74, 6) is 0.722. The van der Waals surface area contributed by atoms with Gasteiger partial charge >= 0.3 is 6.09 Å². The number of piperidine rings is 1. The Labute approximate surface area is 159 Å². The average Bonchev–Trinajstić information content (AvgIpc) is 2.94. The zero-order chi connectivity index (χ0) is 19.2. The van der Waals surface area contributed by atoms with E-state index in [0.29, 0.717) is 57.9 Å². The van der Waals surface area contributed by atoms with Crippen LogP contribution in [0.5, 0.6) is 5.75 Å². The number of rotatable bonds is 2. The van der Waals surface area contributed by atoms with Crippen LogP contribution in [0.15, 0.2) is 30.3 Å². The van der Waals surface area contributed by atoms with Gasteiger partial charge in [-0.25, -0.2) is 4.79 Å². The van der Waals surface area contributed by atoms with Crippen LogP contribution in [0.2, 0.25) is 0 Å². The van der Waals surface area contributed by atoms with E-state index in [9.17, 15) is 14.4 Å². The Kier molecular flexibility index (Phi) is 6.32. The van der Waals surface area contributed by atoms with E-state index in [1.165, 1.54) is 0 Å². The predicted octanol–water partition coefficient (Wildman–Crippen LogP) is 1.98. The summed E-state index contributed by atoms with van der Waals surface area (Å²) in [6.45, 7) is 5.10. The summed E-state index contributed by atoms with van der Waals surface area (Å²) < 4.78 is 5.40. The first-order valence-corrected chi connectivity index (χ1v) is 9.60. The Morgan fingerprint density at radius 1 is 0.852 bits per heavy atom. The van der Waals surface area contributed by atoms with Crippen molar-refractivity contribution in [3.8, 4) is 5.75 Å². The maximum Gasteiger partial charge on any atom is 0.415 e. The molecular formula is C20H27N3O4. The zero-order valence-corrected chi connectivity index (χ0v) is 15.8. The van der Waals surface area contributed by atoms with Gasteiger partial charge in [0.25, 0.3) is 0 Å². The lowest BCUT2D eigenvalue weighted by Gasteiger charge is -2.33. The molecule has 0 spiro atoms. The quantitative estimate of drug-likeness (QED) is 0.795. The summed E-state index contributed by atoms with van der Waals surface area (Å²) in [4.78, 5) is 42.0. The summed E-state index contributed by atoms with van der Waals surface area (Å²) in [6, 6.07) is 9.01. The van der Waals surface area contributed by atoms with Crippen LogP contribution in [0.1, 0.15) is 26.2 Å². The number of ether oxygens (including phenoxy) is 1. The largest absolute Gasteiger partial charge is 0.415 e. The molecule has 7 heteroatoms. The molecule has 0 aliphatic carbocycles. The molecule has 0 bridgehead atoms. The van der Waals surface area contributed by atoms with Gasteiger partial charge in [0, 0.05) is 52.1 Å². The van der Waals surface area contributed by atoms with Gasteiger partial charge in [0.05, 0.1) is 0 Å². The summed E-state index contributed by atoms with van der Waals surface area (Å²) in [5.41, 5.74) is 0. The van der Waals surface area contributed by atoms with Crippen LogP contribution >= 0.6 is 0 Å². The molecule has 0 aromatic heterocycles. The highest BCUT2D eigenvalue weighted by molar-refractivity contribution is 5.80. The molecule has 7 nitrogen and oxygen atoms in total. The van der Waals surface area contributed by atoms with Crippen LogP contribution in [0.3, 0.4) is 0 Å². The van der Waals surface area contributed by atoms with Gasteiger partial charge in [0.1, 0.15) is 5.75 Å². The van der Waals surface area contributed by atoms with E-state index < -0.39 is 0 Å². The molecule has 0 N–H and O–H groups in total. The maximum absolute atomic E-state index is 12.8. The molecule has 2 fully saturated rings. The van der Waals surface area contributed by atoms with Gasteiger partial charge in [-0.05, 0) is 31.4 Å². The molecule has 2 saturated heterocycles. The number of hydrogen-bond donors (Lipinski definition) is 0. The number of amides is 3. The molecule has 3 rings (SSSR count). The van der Waals surface area contributed by atoms with Crippen molar-refractivity contribution < 1.29 is 19.1 Å². The topological polar surface area (TPSA) is 70.2 Å². The second kappa shape index (κ2) is 8.88. The van der Waals surface area contributed by atoms with Crippen LogP contribution in [0.4, 0.5) is 4.79 Å². The van der Waals surface area contributed by atoms with Crippen LogP contribution in [0, 0.1) is 5.92 Å². The number of benzene rings is 1.